The van der Waals surface area contributed by atoms with Gasteiger partial charge in [0.25, 0.3) is 0 Å². The van der Waals surface area contributed by atoms with E-state index in [1.165, 1.54) is 6.21 Å². The summed E-state index contributed by atoms with van der Waals surface area (Å²) in [7, 11) is 0. The van der Waals surface area contributed by atoms with E-state index in [1.54, 1.807) is 24.3 Å². The third-order valence-corrected chi connectivity index (χ3v) is 3.03. The van der Waals surface area contributed by atoms with E-state index in [2.05, 4.69) is 15.8 Å². The maximum absolute atomic E-state index is 11.8. The summed E-state index contributed by atoms with van der Waals surface area (Å²) >= 11 is 0. The monoisotopic (exact) mass is 283 g/mol. The molecule has 0 spiro atoms. The van der Waals surface area contributed by atoms with Crippen molar-refractivity contribution >= 4 is 17.9 Å². The molecule has 0 atom stereocenters. The molecule has 0 aromatic heterocycles. The predicted octanol–water partition coefficient (Wildman–Crippen LogP) is 3.16. The van der Waals surface area contributed by atoms with Crippen molar-refractivity contribution in [3.63, 3.8) is 0 Å². The average Bonchev–Trinajstić information content (AvgIpc) is 2.45. The van der Waals surface area contributed by atoms with Crippen LogP contribution in [0.15, 0.2) is 47.6 Å². The van der Waals surface area contributed by atoms with Crippen molar-refractivity contribution in [3.8, 4) is 5.75 Å². The molecule has 0 aliphatic heterocycles. The summed E-state index contributed by atoms with van der Waals surface area (Å²) in [6, 6.07) is 12.1. The van der Waals surface area contributed by atoms with E-state index in [4.69, 9.17) is 0 Å². The van der Waals surface area contributed by atoms with E-state index in [9.17, 15) is 9.90 Å². The maximum Gasteiger partial charge on any atom is 0.339 e. The molecular formula is C16H17N3O2. The van der Waals surface area contributed by atoms with Gasteiger partial charge in [-0.05, 0) is 37.1 Å². The molecule has 2 amide bonds. The number of phenolic OH excluding ortho intramolecular Hbond substituents is 1. The fraction of sp³-hybridized carbons (Fsp3) is 0.125. The smallest absolute Gasteiger partial charge is 0.339 e. The predicted molar refractivity (Wildman–Crippen MR) is 83.8 cm³/mol. The molecule has 2 aromatic rings. The maximum atomic E-state index is 11.8. The Morgan fingerprint density at radius 2 is 1.76 bits per heavy atom. The molecular weight excluding hydrogens is 266 g/mol. The number of carbonyl (C=O) groups is 1. The minimum Gasteiger partial charge on any atom is -0.507 e. The van der Waals surface area contributed by atoms with E-state index >= 15 is 0 Å². The second kappa shape index (κ2) is 6.56. The molecule has 5 heteroatoms. The van der Waals surface area contributed by atoms with Crippen molar-refractivity contribution in [1.82, 2.24) is 5.43 Å². The third-order valence-electron chi connectivity index (χ3n) is 3.03. The van der Waals surface area contributed by atoms with Gasteiger partial charge in [0.1, 0.15) is 5.75 Å². The molecule has 0 heterocycles. The topological polar surface area (TPSA) is 73.7 Å². The van der Waals surface area contributed by atoms with Gasteiger partial charge in [0.15, 0.2) is 0 Å². The molecule has 2 aromatic carbocycles. The lowest BCUT2D eigenvalue weighted by Gasteiger charge is -2.10. The van der Waals surface area contributed by atoms with E-state index in [0.717, 1.165) is 16.8 Å². The first-order valence-electron chi connectivity index (χ1n) is 6.52. The summed E-state index contributed by atoms with van der Waals surface area (Å²) in [5, 5.41) is 16.1. The van der Waals surface area contributed by atoms with Gasteiger partial charge >= 0.3 is 6.03 Å². The lowest BCUT2D eigenvalue weighted by atomic mass is 10.1. The standard InChI is InChI=1S/C16H17N3O2/c1-11-6-5-7-12(2)15(11)18-16(21)19-17-10-13-8-3-4-9-14(13)20/h3-10,20H,1-2H3,(H2,18,19,21)/b17-10+. The fourth-order valence-corrected chi connectivity index (χ4v) is 1.91. The zero-order valence-electron chi connectivity index (χ0n) is 11.9. The number of rotatable bonds is 3. The van der Waals surface area contributed by atoms with Gasteiger partial charge < -0.3 is 10.4 Å². The molecule has 0 saturated heterocycles. The summed E-state index contributed by atoms with van der Waals surface area (Å²) in [6.07, 6.45) is 1.39. The molecule has 108 valence electrons. The van der Waals surface area contributed by atoms with Gasteiger partial charge in [-0.25, -0.2) is 10.2 Å². The molecule has 0 aliphatic rings. The zero-order valence-corrected chi connectivity index (χ0v) is 11.9. The largest absolute Gasteiger partial charge is 0.507 e. The van der Waals surface area contributed by atoms with Crippen molar-refractivity contribution in [3.05, 3.63) is 59.2 Å². The highest BCUT2D eigenvalue weighted by molar-refractivity contribution is 5.92. The average molecular weight is 283 g/mol. The van der Waals surface area contributed by atoms with Crippen LogP contribution in [0.3, 0.4) is 0 Å². The van der Waals surface area contributed by atoms with Crippen LogP contribution in [0.2, 0.25) is 0 Å². The van der Waals surface area contributed by atoms with Crippen LogP contribution in [0.1, 0.15) is 16.7 Å². The van der Waals surface area contributed by atoms with E-state index in [1.807, 2.05) is 32.0 Å². The Bertz CT molecular complexity index is 661. The number of hydrogen-bond acceptors (Lipinski definition) is 3. The molecule has 0 fully saturated rings. The van der Waals surface area contributed by atoms with Gasteiger partial charge in [-0.1, -0.05) is 30.3 Å². The molecule has 21 heavy (non-hydrogen) atoms. The van der Waals surface area contributed by atoms with Gasteiger partial charge in [0.05, 0.1) is 6.21 Å². The Morgan fingerprint density at radius 1 is 1.10 bits per heavy atom. The normalized spacial score (nSPS) is 10.6. The Kier molecular flexibility index (Phi) is 4.56. The number of aromatic hydroxyl groups is 1. The Morgan fingerprint density at radius 3 is 2.43 bits per heavy atom. The number of aryl methyl sites for hydroxylation is 2. The first kappa shape index (κ1) is 14.6. The first-order chi connectivity index (χ1) is 10.1. The van der Waals surface area contributed by atoms with Crippen LogP contribution in [0.25, 0.3) is 0 Å². The molecule has 0 unspecified atom stereocenters. The SMILES string of the molecule is Cc1cccc(C)c1NC(=O)N/N=C/c1ccccc1O. The second-order valence-corrected chi connectivity index (χ2v) is 4.65. The van der Waals surface area contributed by atoms with Crippen LogP contribution in [0.4, 0.5) is 10.5 Å². The van der Waals surface area contributed by atoms with Crippen LogP contribution in [0.5, 0.6) is 5.75 Å². The summed E-state index contributed by atoms with van der Waals surface area (Å²) < 4.78 is 0. The number of carbonyl (C=O) groups excluding carboxylic acids is 1. The number of phenols is 1. The van der Waals surface area contributed by atoms with Gasteiger partial charge in [0, 0.05) is 11.3 Å². The minimum absolute atomic E-state index is 0.109. The molecule has 3 N–H and O–H groups in total. The Hall–Kier alpha value is -2.82. The summed E-state index contributed by atoms with van der Waals surface area (Å²) in [5.41, 5.74) is 5.64. The first-order valence-corrected chi connectivity index (χ1v) is 6.52. The summed E-state index contributed by atoms with van der Waals surface area (Å²) in [6.45, 7) is 3.85. The molecule has 0 aliphatic carbocycles. The van der Waals surface area contributed by atoms with E-state index in [-0.39, 0.29) is 5.75 Å². The molecule has 5 nitrogen and oxygen atoms in total. The number of hydrogen-bond donors (Lipinski definition) is 3. The van der Waals surface area contributed by atoms with Gasteiger partial charge in [0.2, 0.25) is 0 Å². The van der Waals surface area contributed by atoms with Crippen molar-refractivity contribution in [2.24, 2.45) is 5.10 Å². The Balaban J connectivity index is 1.98. The number of urea groups is 1. The van der Waals surface area contributed by atoms with Crippen LogP contribution >= 0.6 is 0 Å². The number of benzene rings is 2. The number of hydrazone groups is 1. The van der Waals surface area contributed by atoms with E-state index in [0.29, 0.717) is 5.56 Å². The third kappa shape index (κ3) is 3.82. The molecule has 2 rings (SSSR count). The number of anilines is 1. The molecule has 0 bridgehead atoms. The lowest BCUT2D eigenvalue weighted by Crippen LogP contribution is -2.25. The quantitative estimate of drug-likeness (QED) is 0.598. The zero-order chi connectivity index (χ0) is 15.2. The van der Waals surface area contributed by atoms with Gasteiger partial charge in [-0.3, -0.25) is 0 Å². The highest BCUT2D eigenvalue weighted by atomic mass is 16.3. The van der Waals surface area contributed by atoms with Crippen molar-refractivity contribution < 1.29 is 9.90 Å². The van der Waals surface area contributed by atoms with Crippen molar-refractivity contribution in [2.45, 2.75) is 13.8 Å². The minimum atomic E-state index is -0.431. The van der Waals surface area contributed by atoms with Gasteiger partial charge in [-0.2, -0.15) is 5.10 Å². The van der Waals surface area contributed by atoms with Crippen LogP contribution in [0, 0.1) is 13.8 Å². The van der Waals surface area contributed by atoms with E-state index < -0.39 is 6.03 Å². The number of nitrogens with one attached hydrogen (secondary N) is 2. The molecule has 0 saturated carbocycles. The fourth-order valence-electron chi connectivity index (χ4n) is 1.91. The van der Waals surface area contributed by atoms with Crippen LogP contribution in [-0.2, 0) is 0 Å². The van der Waals surface area contributed by atoms with Crippen molar-refractivity contribution in [1.29, 1.82) is 0 Å². The van der Waals surface area contributed by atoms with Crippen molar-refractivity contribution in [2.75, 3.05) is 5.32 Å². The highest BCUT2D eigenvalue weighted by Crippen LogP contribution is 2.19. The molecule has 0 radical (unpaired) electrons. The summed E-state index contributed by atoms with van der Waals surface area (Å²) in [5.74, 6) is 0.109. The summed E-state index contributed by atoms with van der Waals surface area (Å²) in [4.78, 5) is 11.8. The second-order valence-electron chi connectivity index (χ2n) is 4.65. The highest BCUT2D eigenvalue weighted by Gasteiger charge is 2.05. The number of nitrogens with zero attached hydrogens (tertiary/aromatic N) is 1. The Labute approximate surface area is 123 Å². The van der Waals surface area contributed by atoms with Crippen LogP contribution in [-0.4, -0.2) is 17.4 Å². The van der Waals surface area contributed by atoms with Gasteiger partial charge in [-0.15, -0.1) is 0 Å². The number of amides is 2. The lowest BCUT2D eigenvalue weighted by molar-refractivity contribution is 0.252. The van der Waals surface area contributed by atoms with Crippen LogP contribution < -0.4 is 10.7 Å². The number of para-hydroxylation sites is 2.